The van der Waals surface area contributed by atoms with E-state index < -0.39 is 0 Å². The van der Waals surface area contributed by atoms with E-state index in [0.29, 0.717) is 0 Å². The molecule has 1 atom stereocenters. The number of rotatable bonds is 5. The minimum absolute atomic E-state index is 0.774. The van der Waals surface area contributed by atoms with Gasteiger partial charge in [-0.1, -0.05) is 32.4 Å². The molecule has 0 fully saturated rings. The monoisotopic (exact) mass is 218 g/mol. The van der Waals surface area contributed by atoms with E-state index in [2.05, 4.69) is 42.7 Å². The maximum atomic E-state index is 3.52. The van der Waals surface area contributed by atoms with Crippen LogP contribution in [-0.4, -0.2) is 13.1 Å². The quantitative estimate of drug-likeness (QED) is 0.794. The summed E-state index contributed by atoms with van der Waals surface area (Å²) >= 11 is 0. The Morgan fingerprint density at radius 2 is 2.31 bits per heavy atom. The van der Waals surface area contributed by atoms with Gasteiger partial charge in [-0.2, -0.15) is 0 Å². The maximum Gasteiger partial charge on any atom is 0.0373 e. The summed E-state index contributed by atoms with van der Waals surface area (Å²) in [7, 11) is 0. The molecule has 0 spiro atoms. The van der Waals surface area contributed by atoms with Gasteiger partial charge < -0.3 is 10.6 Å². The molecule has 1 aromatic carbocycles. The Balaban J connectivity index is 1.86. The van der Waals surface area contributed by atoms with Gasteiger partial charge in [-0.3, -0.25) is 0 Å². The number of anilines is 1. The molecule has 1 aliphatic heterocycles. The number of nitrogens with one attached hydrogen (secondary N) is 2. The second-order valence-corrected chi connectivity index (χ2v) is 4.81. The first kappa shape index (κ1) is 11.5. The first-order valence-electron chi connectivity index (χ1n) is 6.36. The molecule has 0 saturated carbocycles. The number of fused-ring (bicyclic) bond motifs is 1. The largest absolute Gasteiger partial charge is 0.384 e. The Bertz CT molecular complexity index is 347. The maximum absolute atomic E-state index is 3.52. The fraction of sp³-hybridized carbons (Fsp3) is 0.571. The van der Waals surface area contributed by atoms with Crippen molar-refractivity contribution in [2.45, 2.75) is 33.2 Å². The molecule has 2 heteroatoms. The number of benzene rings is 1. The summed E-state index contributed by atoms with van der Waals surface area (Å²) in [6, 6.07) is 6.77. The summed E-state index contributed by atoms with van der Waals surface area (Å²) in [6.45, 7) is 7.75. The summed E-state index contributed by atoms with van der Waals surface area (Å²) in [4.78, 5) is 0. The average molecular weight is 218 g/mol. The van der Waals surface area contributed by atoms with Crippen LogP contribution in [0.1, 0.15) is 31.4 Å². The molecule has 2 N–H and O–H groups in total. The third-order valence-corrected chi connectivity index (χ3v) is 3.40. The zero-order valence-corrected chi connectivity index (χ0v) is 10.3. The van der Waals surface area contributed by atoms with Gasteiger partial charge in [0.1, 0.15) is 0 Å². The molecular weight excluding hydrogens is 196 g/mol. The molecule has 88 valence electrons. The summed E-state index contributed by atoms with van der Waals surface area (Å²) < 4.78 is 0. The molecule has 1 aromatic rings. The Kier molecular flexibility index (Phi) is 3.83. The van der Waals surface area contributed by atoms with Gasteiger partial charge in [-0.05, 0) is 36.1 Å². The van der Waals surface area contributed by atoms with Gasteiger partial charge in [0.2, 0.25) is 0 Å². The Morgan fingerprint density at radius 1 is 1.44 bits per heavy atom. The standard InChI is InChI=1S/C14H22N2/c1-3-11(2)9-15-10-12-4-5-14-13(8-12)6-7-16-14/h4-5,8,11,15-16H,3,6-7,9-10H2,1-2H3. The zero-order valence-electron chi connectivity index (χ0n) is 10.3. The van der Waals surface area contributed by atoms with Crippen molar-refractivity contribution in [2.24, 2.45) is 5.92 Å². The van der Waals surface area contributed by atoms with Crippen LogP contribution in [-0.2, 0) is 13.0 Å². The lowest BCUT2D eigenvalue weighted by molar-refractivity contribution is 0.500. The third kappa shape index (κ3) is 2.76. The highest BCUT2D eigenvalue weighted by Gasteiger charge is 2.09. The Morgan fingerprint density at radius 3 is 3.12 bits per heavy atom. The molecule has 0 aliphatic carbocycles. The van der Waals surface area contributed by atoms with Crippen LogP contribution >= 0.6 is 0 Å². The first-order chi connectivity index (χ1) is 7.79. The van der Waals surface area contributed by atoms with Crippen molar-refractivity contribution in [3.8, 4) is 0 Å². The molecule has 16 heavy (non-hydrogen) atoms. The summed E-state index contributed by atoms with van der Waals surface area (Å²) in [5, 5.41) is 6.91. The summed E-state index contributed by atoms with van der Waals surface area (Å²) in [5.74, 6) is 0.774. The van der Waals surface area contributed by atoms with Crippen LogP contribution in [0.4, 0.5) is 5.69 Å². The van der Waals surface area contributed by atoms with E-state index in [0.717, 1.165) is 25.6 Å². The predicted octanol–water partition coefficient (Wildman–Crippen LogP) is 2.79. The molecular formula is C14H22N2. The lowest BCUT2D eigenvalue weighted by Crippen LogP contribution is -2.20. The van der Waals surface area contributed by atoms with Crippen molar-refractivity contribution in [1.82, 2.24) is 5.32 Å². The minimum atomic E-state index is 0.774. The Labute approximate surface area is 98.4 Å². The van der Waals surface area contributed by atoms with Gasteiger partial charge in [-0.25, -0.2) is 0 Å². The number of hydrogen-bond donors (Lipinski definition) is 2. The van der Waals surface area contributed by atoms with Crippen molar-refractivity contribution in [3.05, 3.63) is 29.3 Å². The van der Waals surface area contributed by atoms with Crippen LogP contribution in [0.15, 0.2) is 18.2 Å². The average Bonchev–Trinajstić information content (AvgIpc) is 2.76. The predicted molar refractivity (Wildman–Crippen MR) is 69.8 cm³/mol. The van der Waals surface area contributed by atoms with E-state index >= 15 is 0 Å². The van der Waals surface area contributed by atoms with E-state index in [1.54, 1.807) is 0 Å². The highest BCUT2D eigenvalue weighted by Crippen LogP contribution is 2.22. The van der Waals surface area contributed by atoms with E-state index in [-0.39, 0.29) is 0 Å². The van der Waals surface area contributed by atoms with Gasteiger partial charge in [0.05, 0.1) is 0 Å². The highest BCUT2D eigenvalue weighted by molar-refractivity contribution is 5.56. The van der Waals surface area contributed by atoms with Crippen molar-refractivity contribution >= 4 is 5.69 Å². The fourth-order valence-electron chi connectivity index (χ4n) is 2.08. The molecule has 0 bridgehead atoms. The van der Waals surface area contributed by atoms with Crippen LogP contribution in [0, 0.1) is 5.92 Å². The summed E-state index contributed by atoms with van der Waals surface area (Å²) in [5.41, 5.74) is 4.21. The van der Waals surface area contributed by atoms with Crippen LogP contribution in [0.3, 0.4) is 0 Å². The van der Waals surface area contributed by atoms with Crippen LogP contribution in [0.5, 0.6) is 0 Å². The second-order valence-electron chi connectivity index (χ2n) is 4.81. The van der Waals surface area contributed by atoms with Crippen LogP contribution in [0.2, 0.25) is 0 Å². The zero-order chi connectivity index (χ0) is 11.4. The lowest BCUT2D eigenvalue weighted by atomic mass is 10.1. The number of hydrogen-bond acceptors (Lipinski definition) is 2. The van der Waals surface area contributed by atoms with Crippen LogP contribution in [0.25, 0.3) is 0 Å². The molecule has 0 saturated heterocycles. The topological polar surface area (TPSA) is 24.1 Å². The summed E-state index contributed by atoms with van der Waals surface area (Å²) in [6.07, 6.45) is 2.43. The Hall–Kier alpha value is -1.02. The van der Waals surface area contributed by atoms with Gasteiger partial charge in [0.25, 0.3) is 0 Å². The highest BCUT2D eigenvalue weighted by atomic mass is 14.9. The normalized spacial score (nSPS) is 15.6. The molecule has 0 amide bonds. The molecule has 1 aliphatic rings. The van der Waals surface area contributed by atoms with Gasteiger partial charge in [0, 0.05) is 18.8 Å². The third-order valence-electron chi connectivity index (χ3n) is 3.40. The van der Waals surface area contributed by atoms with E-state index in [1.807, 2.05) is 0 Å². The van der Waals surface area contributed by atoms with E-state index in [9.17, 15) is 0 Å². The molecule has 0 radical (unpaired) electrons. The van der Waals surface area contributed by atoms with Gasteiger partial charge >= 0.3 is 0 Å². The minimum Gasteiger partial charge on any atom is -0.384 e. The van der Waals surface area contributed by atoms with Crippen molar-refractivity contribution < 1.29 is 0 Å². The van der Waals surface area contributed by atoms with Crippen molar-refractivity contribution in [3.63, 3.8) is 0 Å². The molecule has 1 unspecified atom stereocenters. The smallest absolute Gasteiger partial charge is 0.0373 e. The first-order valence-corrected chi connectivity index (χ1v) is 6.36. The van der Waals surface area contributed by atoms with Crippen molar-refractivity contribution in [2.75, 3.05) is 18.4 Å². The SMILES string of the molecule is CCC(C)CNCc1ccc2c(c1)CCN2. The molecule has 2 nitrogen and oxygen atoms in total. The van der Waals surface area contributed by atoms with Crippen molar-refractivity contribution in [1.29, 1.82) is 0 Å². The fourth-order valence-corrected chi connectivity index (χ4v) is 2.08. The van der Waals surface area contributed by atoms with E-state index in [4.69, 9.17) is 0 Å². The van der Waals surface area contributed by atoms with E-state index in [1.165, 1.54) is 29.7 Å². The molecule has 1 heterocycles. The van der Waals surface area contributed by atoms with Gasteiger partial charge in [-0.15, -0.1) is 0 Å². The molecule has 2 rings (SSSR count). The second kappa shape index (κ2) is 5.35. The lowest BCUT2D eigenvalue weighted by Gasteiger charge is -2.10. The van der Waals surface area contributed by atoms with Crippen LogP contribution < -0.4 is 10.6 Å². The van der Waals surface area contributed by atoms with Gasteiger partial charge in [0.15, 0.2) is 0 Å². The molecule has 0 aromatic heterocycles.